The molecule has 0 amide bonds. The van der Waals surface area contributed by atoms with Crippen LogP contribution < -0.4 is 4.74 Å². The summed E-state index contributed by atoms with van der Waals surface area (Å²) >= 11 is 5.81. The standard InChI is InChI=1S/C14H12ClN3O/c1-18-12-6-3-2-5-10(12)11(17-18)9-19-14-8-4-7-13(15)16-14/h2-8H,9H2,1H3. The number of pyridine rings is 1. The number of aryl methyl sites for hydroxylation is 1. The van der Waals surface area contributed by atoms with Crippen molar-refractivity contribution in [2.75, 3.05) is 0 Å². The maximum Gasteiger partial charge on any atom is 0.215 e. The summed E-state index contributed by atoms with van der Waals surface area (Å²) in [5.41, 5.74) is 1.97. The molecule has 19 heavy (non-hydrogen) atoms. The Bertz CT molecular complexity index is 724. The molecule has 0 fully saturated rings. The second kappa shape index (κ2) is 4.90. The topological polar surface area (TPSA) is 39.9 Å². The van der Waals surface area contributed by atoms with Gasteiger partial charge in [-0.3, -0.25) is 4.68 Å². The van der Waals surface area contributed by atoms with Gasteiger partial charge in [0, 0.05) is 18.5 Å². The first kappa shape index (κ1) is 12.0. The summed E-state index contributed by atoms with van der Waals surface area (Å²) in [6, 6.07) is 13.3. The number of rotatable bonds is 3. The minimum Gasteiger partial charge on any atom is -0.471 e. The Kier molecular flexibility index (Phi) is 3.09. The summed E-state index contributed by atoms with van der Waals surface area (Å²) in [5.74, 6) is 0.502. The number of aromatic nitrogens is 3. The molecule has 0 saturated carbocycles. The first-order valence-corrected chi connectivity index (χ1v) is 6.28. The van der Waals surface area contributed by atoms with Gasteiger partial charge in [0.15, 0.2) is 0 Å². The van der Waals surface area contributed by atoms with E-state index < -0.39 is 0 Å². The Morgan fingerprint density at radius 2 is 2.00 bits per heavy atom. The molecule has 0 N–H and O–H groups in total. The van der Waals surface area contributed by atoms with Gasteiger partial charge >= 0.3 is 0 Å². The van der Waals surface area contributed by atoms with E-state index in [1.165, 1.54) is 0 Å². The van der Waals surface area contributed by atoms with Gasteiger partial charge in [-0.1, -0.05) is 35.9 Å². The molecule has 0 aliphatic rings. The smallest absolute Gasteiger partial charge is 0.215 e. The normalized spacial score (nSPS) is 10.8. The van der Waals surface area contributed by atoms with Gasteiger partial charge in [-0.2, -0.15) is 5.10 Å². The number of hydrogen-bond donors (Lipinski definition) is 0. The highest BCUT2D eigenvalue weighted by atomic mass is 35.5. The van der Waals surface area contributed by atoms with E-state index in [2.05, 4.69) is 10.1 Å². The summed E-state index contributed by atoms with van der Waals surface area (Å²) in [6.07, 6.45) is 0. The molecule has 0 aliphatic carbocycles. The maximum atomic E-state index is 5.81. The summed E-state index contributed by atoms with van der Waals surface area (Å²) in [4.78, 5) is 4.08. The molecule has 0 unspecified atom stereocenters. The van der Waals surface area contributed by atoms with Crippen molar-refractivity contribution in [3.8, 4) is 5.88 Å². The molecular formula is C14H12ClN3O. The summed E-state index contributed by atoms with van der Waals surface area (Å²) < 4.78 is 7.47. The zero-order valence-corrected chi connectivity index (χ0v) is 11.1. The molecule has 1 aromatic carbocycles. The summed E-state index contributed by atoms with van der Waals surface area (Å²) in [6.45, 7) is 0.370. The van der Waals surface area contributed by atoms with Crippen LogP contribution >= 0.6 is 11.6 Å². The first-order valence-electron chi connectivity index (χ1n) is 5.90. The van der Waals surface area contributed by atoms with E-state index in [-0.39, 0.29) is 0 Å². The third-order valence-corrected chi connectivity index (χ3v) is 3.09. The van der Waals surface area contributed by atoms with Crippen molar-refractivity contribution in [1.29, 1.82) is 0 Å². The van der Waals surface area contributed by atoms with E-state index in [0.717, 1.165) is 16.6 Å². The minimum absolute atomic E-state index is 0.370. The van der Waals surface area contributed by atoms with Crippen LogP contribution in [0.15, 0.2) is 42.5 Å². The van der Waals surface area contributed by atoms with Crippen LogP contribution in [0.5, 0.6) is 5.88 Å². The minimum atomic E-state index is 0.370. The van der Waals surface area contributed by atoms with Crippen molar-refractivity contribution in [3.63, 3.8) is 0 Å². The monoisotopic (exact) mass is 273 g/mol. The molecule has 0 atom stereocenters. The molecule has 0 radical (unpaired) electrons. The summed E-state index contributed by atoms with van der Waals surface area (Å²) in [7, 11) is 1.92. The molecule has 4 nitrogen and oxygen atoms in total. The Hall–Kier alpha value is -2.07. The number of para-hydroxylation sites is 1. The molecule has 0 spiro atoms. The average Bonchev–Trinajstić information content (AvgIpc) is 2.74. The quantitative estimate of drug-likeness (QED) is 0.688. The van der Waals surface area contributed by atoms with Crippen molar-refractivity contribution in [1.82, 2.24) is 14.8 Å². The van der Waals surface area contributed by atoms with Crippen LogP contribution in [0.3, 0.4) is 0 Å². The molecule has 0 bridgehead atoms. The largest absolute Gasteiger partial charge is 0.471 e. The van der Waals surface area contributed by atoms with Gasteiger partial charge in [-0.25, -0.2) is 4.98 Å². The van der Waals surface area contributed by atoms with Gasteiger partial charge in [-0.15, -0.1) is 0 Å². The third kappa shape index (κ3) is 2.39. The third-order valence-electron chi connectivity index (χ3n) is 2.88. The fraction of sp³-hybridized carbons (Fsp3) is 0.143. The Morgan fingerprint density at radius 3 is 2.84 bits per heavy atom. The molecule has 3 aromatic rings. The van der Waals surface area contributed by atoms with Gasteiger partial charge in [0.05, 0.1) is 5.52 Å². The van der Waals surface area contributed by atoms with E-state index in [0.29, 0.717) is 17.6 Å². The van der Waals surface area contributed by atoms with Gasteiger partial charge in [-0.05, 0) is 12.1 Å². The van der Waals surface area contributed by atoms with Crippen LogP contribution in [-0.4, -0.2) is 14.8 Å². The second-order valence-electron chi connectivity index (χ2n) is 4.17. The van der Waals surface area contributed by atoms with Crippen molar-refractivity contribution in [2.24, 2.45) is 7.05 Å². The van der Waals surface area contributed by atoms with Crippen molar-refractivity contribution in [3.05, 3.63) is 53.3 Å². The lowest BCUT2D eigenvalue weighted by molar-refractivity contribution is 0.289. The first-order chi connectivity index (χ1) is 9.24. The van der Waals surface area contributed by atoms with E-state index in [1.807, 2.05) is 36.0 Å². The molecule has 2 heterocycles. The van der Waals surface area contributed by atoms with E-state index in [4.69, 9.17) is 16.3 Å². The number of halogens is 1. The predicted molar refractivity (Wildman–Crippen MR) is 74.3 cm³/mol. The second-order valence-corrected chi connectivity index (χ2v) is 4.56. The van der Waals surface area contributed by atoms with Crippen molar-refractivity contribution >= 4 is 22.5 Å². The Morgan fingerprint density at radius 1 is 1.16 bits per heavy atom. The van der Waals surface area contributed by atoms with E-state index in [1.54, 1.807) is 18.2 Å². The van der Waals surface area contributed by atoms with Gasteiger partial charge < -0.3 is 4.74 Å². The number of ether oxygens (including phenoxy) is 1. The number of benzene rings is 1. The molecule has 0 aliphatic heterocycles. The zero-order chi connectivity index (χ0) is 13.2. The molecule has 5 heteroatoms. The van der Waals surface area contributed by atoms with Gasteiger partial charge in [0.25, 0.3) is 0 Å². The van der Waals surface area contributed by atoms with Crippen LogP contribution in [0.25, 0.3) is 10.9 Å². The van der Waals surface area contributed by atoms with Crippen LogP contribution in [0.2, 0.25) is 5.15 Å². The number of hydrogen-bond acceptors (Lipinski definition) is 3. The molecule has 96 valence electrons. The highest BCUT2D eigenvalue weighted by molar-refractivity contribution is 6.29. The molecule has 3 rings (SSSR count). The van der Waals surface area contributed by atoms with Crippen LogP contribution in [0.1, 0.15) is 5.69 Å². The highest BCUT2D eigenvalue weighted by Crippen LogP contribution is 2.19. The lowest BCUT2D eigenvalue weighted by Crippen LogP contribution is -1.99. The number of nitrogens with zero attached hydrogens (tertiary/aromatic N) is 3. The van der Waals surface area contributed by atoms with E-state index >= 15 is 0 Å². The summed E-state index contributed by atoms with van der Waals surface area (Å²) in [5, 5.41) is 5.97. The SMILES string of the molecule is Cn1nc(COc2cccc(Cl)n2)c2ccccc21. The molecular weight excluding hydrogens is 262 g/mol. The predicted octanol–water partition coefficient (Wildman–Crippen LogP) is 3.20. The highest BCUT2D eigenvalue weighted by Gasteiger charge is 2.08. The fourth-order valence-electron chi connectivity index (χ4n) is 2.01. The van der Waals surface area contributed by atoms with Crippen LogP contribution in [0, 0.1) is 0 Å². The Balaban J connectivity index is 1.86. The lowest BCUT2D eigenvalue weighted by atomic mass is 10.2. The van der Waals surface area contributed by atoms with Crippen LogP contribution in [0.4, 0.5) is 0 Å². The Labute approximate surface area is 115 Å². The van der Waals surface area contributed by atoms with Crippen molar-refractivity contribution < 1.29 is 4.74 Å². The fourth-order valence-corrected chi connectivity index (χ4v) is 2.16. The lowest BCUT2D eigenvalue weighted by Gasteiger charge is -2.03. The molecule has 0 saturated heterocycles. The average molecular weight is 274 g/mol. The van der Waals surface area contributed by atoms with Crippen molar-refractivity contribution in [2.45, 2.75) is 6.61 Å². The number of fused-ring (bicyclic) bond motifs is 1. The maximum absolute atomic E-state index is 5.81. The molecule has 2 aromatic heterocycles. The van der Waals surface area contributed by atoms with Gasteiger partial charge in [0.2, 0.25) is 5.88 Å². The zero-order valence-electron chi connectivity index (χ0n) is 10.4. The van der Waals surface area contributed by atoms with Crippen LogP contribution in [-0.2, 0) is 13.7 Å². The van der Waals surface area contributed by atoms with E-state index in [9.17, 15) is 0 Å². The van der Waals surface area contributed by atoms with Gasteiger partial charge in [0.1, 0.15) is 17.5 Å².